The third-order valence-electron chi connectivity index (χ3n) is 3.97. The largest absolute Gasteiger partial charge is 0.507 e. The van der Waals surface area contributed by atoms with Gasteiger partial charge in [-0.3, -0.25) is 0 Å². The number of phenolic OH excluding ortho intramolecular Hbond substituents is 1. The Balaban J connectivity index is 0.000000758. The molecule has 0 saturated carbocycles. The minimum absolute atomic E-state index is 0.280. The van der Waals surface area contributed by atoms with Gasteiger partial charge in [-0.05, 0) is 42.7 Å². The summed E-state index contributed by atoms with van der Waals surface area (Å²) in [5.41, 5.74) is 1.84. The van der Waals surface area contributed by atoms with Gasteiger partial charge >= 0.3 is 0 Å². The molecule has 2 aromatic rings. The quantitative estimate of drug-likeness (QED) is 0.677. The number of hydrogen-bond donors (Lipinski definition) is 1. The van der Waals surface area contributed by atoms with E-state index < -0.39 is 0 Å². The van der Waals surface area contributed by atoms with Crippen LogP contribution in [0.15, 0.2) is 78.6 Å². The molecule has 2 nitrogen and oxygen atoms in total. The molecule has 2 heteroatoms. The molecule has 0 aromatic heterocycles. The van der Waals surface area contributed by atoms with E-state index in [0.29, 0.717) is 6.42 Å². The predicted molar refractivity (Wildman–Crippen MR) is 111 cm³/mol. The van der Waals surface area contributed by atoms with Crippen LogP contribution in [-0.2, 0) is 4.74 Å². The lowest BCUT2D eigenvalue weighted by atomic mass is 9.93. The van der Waals surface area contributed by atoms with Crippen LogP contribution in [0.25, 0.3) is 16.3 Å². The molecular formula is C24H24O2. The fraction of sp³-hybridized carbons (Fsp3) is 0.167. The van der Waals surface area contributed by atoms with Crippen LogP contribution in [0, 0.1) is 12.3 Å². The van der Waals surface area contributed by atoms with E-state index in [1.165, 1.54) is 0 Å². The summed E-state index contributed by atoms with van der Waals surface area (Å²) in [5, 5.41) is 12.6. The average Bonchev–Trinajstić information content (AvgIpc) is 2.66. The van der Waals surface area contributed by atoms with E-state index >= 15 is 0 Å². The maximum absolute atomic E-state index is 10.5. The Morgan fingerprint density at radius 3 is 2.54 bits per heavy atom. The summed E-state index contributed by atoms with van der Waals surface area (Å²) in [5.74, 6) is 3.32. The molecule has 0 amide bonds. The Hall–Kier alpha value is -3.18. The summed E-state index contributed by atoms with van der Waals surface area (Å²) in [6, 6.07) is 11.8. The lowest BCUT2D eigenvalue weighted by Gasteiger charge is -2.15. The van der Waals surface area contributed by atoms with E-state index in [1.807, 2.05) is 42.5 Å². The zero-order valence-corrected chi connectivity index (χ0v) is 15.3. The number of aromatic hydroxyl groups is 1. The van der Waals surface area contributed by atoms with E-state index in [4.69, 9.17) is 4.74 Å². The van der Waals surface area contributed by atoms with Crippen LogP contribution in [-0.4, -0.2) is 12.2 Å². The van der Waals surface area contributed by atoms with Crippen molar-refractivity contribution in [3.8, 4) is 18.1 Å². The fourth-order valence-corrected chi connectivity index (χ4v) is 2.87. The Bertz CT molecular complexity index is 905. The van der Waals surface area contributed by atoms with Gasteiger partial charge in [0.05, 0.1) is 7.11 Å². The first-order valence-corrected chi connectivity index (χ1v) is 8.56. The molecule has 0 unspecified atom stereocenters. The molecule has 0 spiro atoms. The second-order valence-corrected chi connectivity index (χ2v) is 5.71. The minimum Gasteiger partial charge on any atom is -0.507 e. The second-order valence-electron chi connectivity index (χ2n) is 5.71. The molecule has 2 aromatic carbocycles. The number of terminal acetylenes is 1. The summed E-state index contributed by atoms with van der Waals surface area (Å²) >= 11 is 0. The number of rotatable bonds is 2. The molecule has 0 radical (unpaired) electrons. The smallest absolute Gasteiger partial charge is 0.123 e. The van der Waals surface area contributed by atoms with Gasteiger partial charge in [-0.1, -0.05) is 60.7 Å². The highest BCUT2D eigenvalue weighted by atomic mass is 16.5. The molecule has 0 atom stereocenters. The number of methoxy groups -OCH3 is 1. The summed E-state index contributed by atoms with van der Waals surface area (Å²) in [6.45, 7) is 1.65. The van der Waals surface area contributed by atoms with E-state index in [-0.39, 0.29) is 5.75 Å². The maximum atomic E-state index is 10.5. The highest BCUT2D eigenvalue weighted by Gasteiger charge is 2.15. The first-order valence-electron chi connectivity index (χ1n) is 8.56. The lowest BCUT2D eigenvalue weighted by molar-refractivity contribution is 0.308. The number of hydrogen-bond acceptors (Lipinski definition) is 2. The summed E-state index contributed by atoms with van der Waals surface area (Å²) < 4.78 is 5.62. The van der Waals surface area contributed by atoms with Crippen molar-refractivity contribution in [3.05, 3.63) is 84.2 Å². The summed E-state index contributed by atoms with van der Waals surface area (Å²) in [6.07, 6.45) is 18.5. The standard InChI is InChI=1S/C21H20O2.C3H4/c1-23-20-13-7-5-3-2-4-6-12-18(20)21-17-11-9-8-10-16(17)14-15-19(21)22;1-3-2/h2-4,6-11,13-15,22H,5,12H2,1H3;1H,2H3/b3-2-,6-4-,13-7-,20-18-;. The SMILES string of the molecule is C#CC.COC1=C(\c2c(O)ccc3ccccc23)C/C=C\C=C/C/C=C\1. The zero-order valence-electron chi connectivity index (χ0n) is 15.3. The first-order chi connectivity index (χ1) is 12.7. The summed E-state index contributed by atoms with van der Waals surface area (Å²) in [7, 11) is 1.67. The van der Waals surface area contributed by atoms with Gasteiger partial charge < -0.3 is 9.84 Å². The summed E-state index contributed by atoms with van der Waals surface area (Å²) in [4.78, 5) is 0. The van der Waals surface area contributed by atoms with Gasteiger partial charge in [-0.2, -0.15) is 0 Å². The van der Waals surface area contributed by atoms with Crippen LogP contribution >= 0.6 is 0 Å². The first kappa shape index (κ1) is 19.1. The minimum atomic E-state index is 0.280. The van der Waals surface area contributed by atoms with Gasteiger partial charge in [0.25, 0.3) is 0 Å². The average molecular weight is 344 g/mol. The van der Waals surface area contributed by atoms with Crippen LogP contribution in [0.2, 0.25) is 0 Å². The third-order valence-corrected chi connectivity index (χ3v) is 3.97. The number of benzene rings is 2. The van der Waals surface area contributed by atoms with Crippen LogP contribution < -0.4 is 0 Å². The van der Waals surface area contributed by atoms with Crippen molar-refractivity contribution in [1.82, 2.24) is 0 Å². The lowest BCUT2D eigenvalue weighted by Crippen LogP contribution is -1.95. The molecule has 1 aliphatic carbocycles. The van der Waals surface area contributed by atoms with Crippen LogP contribution in [0.5, 0.6) is 5.75 Å². The van der Waals surface area contributed by atoms with Gasteiger partial charge in [-0.15, -0.1) is 12.3 Å². The number of phenols is 1. The molecule has 0 fully saturated rings. The van der Waals surface area contributed by atoms with Gasteiger partial charge in [0.2, 0.25) is 0 Å². The molecule has 1 N–H and O–H groups in total. The van der Waals surface area contributed by atoms with Crippen molar-refractivity contribution >= 4 is 16.3 Å². The number of ether oxygens (including phenoxy) is 1. The Kier molecular flexibility index (Phi) is 7.33. The van der Waals surface area contributed by atoms with Gasteiger partial charge in [0.1, 0.15) is 11.5 Å². The molecule has 0 heterocycles. The van der Waals surface area contributed by atoms with Crippen molar-refractivity contribution in [2.24, 2.45) is 0 Å². The second kappa shape index (κ2) is 9.96. The van der Waals surface area contributed by atoms with Crippen molar-refractivity contribution in [2.45, 2.75) is 19.8 Å². The third kappa shape index (κ3) is 4.68. The van der Waals surface area contributed by atoms with Gasteiger partial charge in [-0.25, -0.2) is 0 Å². The van der Waals surface area contributed by atoms with Crippen molar-refractivity contribution < 1.29 is 9.84 Å². The zero-order chi connectivity index (χ0) is 18.8. The van der Waals surface area contributed by atoms with Gasteiger partial charge in [0, 0.05) is 11.1 Å². The van der Waals surface area contributed by atoms with Gasteiger partial charge in [0.15, 0.2) is 0 Å². The number of allylic oxidation sites excluding steroid dienone is 7. The van der Waals surface area contributed by atoms with E-state index in [2.05, 4.69) is 36.6 Å². The molecule has 0 bridgehead atoms. The van der Waals surface area contributed by atoms with E-state index in [9.17, 15) is 5.11 Å². The molecular weight excluding hydrogens is 320 g/mol. The molecule has 0 saturated heterocycles. The number of fused-ring (bicyclic) bond motifs is 1. The molecule has 26 heavy (non-hydrogen) atoms. The van der Waals surface area contributed by atoms with Crippen molar-refractivity contribution in [3.63, 3.8) is 0 Å². The predicted octanol–water partition coefficient (Wildman–Crippen LogP) is 6.00. The highest BCUT2D eigenvalue weighted by molar-refractivity contribution is 5.97. The Morgan fingerprint density at radius 1 is 1.04 bits per heavy atom. The molecule has 3 rings (SSSR count). The van der Waals surface area contributed by atoms with E-state index in [1.54, 1.807) is 20.1 Å². The van der Waals surface area contributed by atoms with Crippen LogP contribution in [0.4, 0.5) is 0 Å². The van der Waals surface area contributed by atoms with Crippen LogP contribution in [0.1, 0.15) is 25.3 Å². The highest BCUT2D eigenvalue weighted by Crippen LogP contribution is 2.37. The topological polar surface area (TPSA) is 29.5 Å². The maximum Gasteiger partial charge on any atom is 0.123 e. The molecule has 132 valence electrons. The Labute approximate surface area is 155 Å². The van der Waals surface area contributed by atoms with E-state index in [0.717, 1.165) is 34.1 Å². The fourth-order valence-electron chi connectivity index (χ4n) is 2.87. The normalized spacial score (nSPS) is 20.2. The molecule has 1 aliphatic rings. The molecule has 0 aliphatic heterocycles. The monoisotopic (exact) mass is 344 g/mol. The van der Waals surface area contributed by atoms with Crippen molar-refractivity contribution in [2.75, 3.05) is 7.11 Å². The van der Waals surface area contributed by atoms with Crippen molar-refractivity contribution in [1.29, 1.82) is 0 Å². The van der Waals surface area contributed by atoms with Crippen LogP contribution in [0.3, 0.4) is 0 Å². The Morgan fingerprint density at radius 2 is 1.77 bits per heavy atom.